The molecule has 2 aromatic rings. The van der Waals surface area contributed by atoms with Gasteiger partial charge in [-0.1, -0.05) is 23.4 Å². The maximum Gasteiger partial charge on any atom is 0.273 e. The molecule has 0 spiro atoms. The van der Waals surface area contributed by atoms with Crippen molar-refractivity contribution in [1.29, 1.82) is 0 Å². The number of hydrogen-bond acceptors (Lipinski definition) is 7. The zero-order valence-corrected chi connectivity index (χ0v) is 18.5. The van der Waals surface area contributed by atoms with Crippen LogP contribution in [0.25, 0.3) is 6.08 Å². The standard InChI is InChI=1S/C18H22ClN7O3S/c1-11-12(16(19)24(2)23-11)5-7-14(27)25-9-4-10-26(25)15(28)8-6-13-17(29)20-18(30-3)22-21-13/h5,7H,4,6,8-10H2,1-3H3,(H,20,22,29)/b7-5+. The van der Waals surface area contributed by atoms with E-state index in [2.05, 4.69) is 20.3 Å². The SMILES string of the molecule is CSc1nnc(CCC(=O)N2CCCN2C(=O)/C=C/c2c(C)nn(C)c2Cl)c(=O)[nH]1. The summed E-state index contributed by atoms with van der Waals surface area (Å²) >= 11 is 7.46. The van der Waals surface area contributed by atoms with Crippen LogP contribution < -0.4 is 5.56 Å². The zero-order chi connectivity index (χ0) is 21.8. The highest BCUT2D eigenvalue weighted by molar-refractivity contribution is 7.98. The van der Waals surface area contributed by atoms with E-state index in [1.54, 1.807) is 26.3 Å². The number of H-pyrrole nitrogens is 1. The highest BCUT2D eigenvalue weighted by atomic mass is 35.5. The molecule has 30 heavy (non-hydrogen) atoms. The van der Waals surface area contributed by atoms with E-state index in [-0.39, 0.29) is 35.9 Å². The molecule has 2 aromatic heterocycles. The van der Waals surface area contributed by atoms with Crippen molar-refractivity contribution in [2.24, 2.45) is 7.05 Å². The number of nitrogens with zero attached hydrogens (tertiary/aromatic N) is 6. The largest absolute Gasteiger partial charge is 0.298 e. The molecule has 1 aliphatic rings. The van der Waals surface area contributed by atoms with Crippen LogP contribution in [0, 0.1) is 6.92 Å². The normalized spacial score (nSPS) is 14.1. The molecule has 0 aromatic carbocycles. The Morgan fingerprint density at radius 1 is 1.27 bits per heavy atom. The Morgan fingerprint density at radius 2 is 2.00 bits per heavy atom. The summed E-state index contributed by atoms with van der Waals surface area (Å²) in [6.07, 6.45) is 5.66. The monoisotopic (exact) mass is 451 g/mol. The van der Waals surface area contributed by atoms with Crippen molar-refractivity contribution >= 4 is 41.3 Å². The van der Waals surface area contributed by atoms with Gasteiger partial charge in [-0.2, -0.15) is 5.10 Å². The van der Waals surface area contributed by atoms with Gasteiger partial charge in [0.25, 0.3) is 11.5 Å². The molecule has 1 fully saturated rings. The average Bonchev–Trinajstić information content (AvgIpc) is 3.30. The highest BCUT2D eigenvalue weighted by Crippen LogP contribution is 2.21. The first-order chi connectivity index (χ1) is 14.3. The number of halogens is 1. The first kappa shape index (κ1) is 22.0. The average molecular weight is 452 g/mol. The predicted octanol–water partition coefficient (Wildman–Crippen LogP) is 1.20. The molecular weight excluding hydrogens is 430 g/mol. The molecule has 3 heterocycles. The first-order valence-electron chi connectivity index (χ1n) is 9.30. The van der Waals surface area contributed by atoms with E-state index in [1.165, 1.54) is 32.5 Å². The predicted molar refractivity (Wildman–Crippen MR) is 113 cm³/mol. The summed E-state index contributed by atoms with van der Waals surface area (Å²) in [5.74, 6) is -0.567. The molecule has 2 amide bonds. The molecule has 0 atom stereocenters. The Bertz CT molecular complexity index is 1050. The minimum atomic E-state index is -0.358. The Balaban J connectivity index is 1.64. The molecule has 3 rings (SSSR count). The van der Waals surface area contributed by atoms with E-state index in [1.807, 2.05) is 0 Å². The number of hydrogen-bond donors (Lipinski definition) is 1. The fourth-order valence-corrected chi connectivity index (χ4v) is 3.69. The van der Waals surface area contributed by atoms with Gasteiger partial charge in [-0.15, -0.1) is 10.2 Å². The minimum Gasteiger partial charge on any atom is -0.298 e. The van der Waals surface area contributed by atoms with Crippen LogP contribution in [0.5, 0.6) is 0 Å². The fraction of sp³-hybridized carbons (Fsp3) is 0.444. The summed E-state index contributed by atoms with van der Waals surface area (Å²) in [6, 6.07) is 0. The number of carbonyl (C=O) groups is 2. The maximum atomic E-state index is 12.7. The number of aromatic amines is 1. The highest BCUT2D eigenvalue weighted by Gasteiger charge is 2.29. The molecule has 12 heteroatoms. The van der Waals surface area contributed by atoms with Crippen molar-refractivity contribution in [3.8, 4) is 0 Å². The van der Waals surface area contributed by atoms with Gasteiger partial charge in [-0.25, -0.2) is 5.01 Å². The van der Waals surface area contributed by atoms with Gasteiger partial charge in [0, 0.05) is 44.6 Å². The lowest BCUT2D eigenvalue weighted by Gasteiger charge is -2.26. The number of aryl methyl sites for hydroxylation is 3. The summed E-state index contributed by atoms with van der Waals surface area (Å²) in [5, 5.41) is 15.7. The van der Waals surface area contributed by atoms with E-state index < -0.39 is 0 Å². The van der Waals surface area contributed by atoms with Gasteiger partial charge >= 0.3 is 0 Å². The van der Waals surface area contributed by atoms with Crippen LogP contribution in [0.3, 0.4) is 0 Å². The van der Waals surface area contributed by atoms with E-state index in [0.29, 0.717) is 41.1 Å². The quantitative estimate of drug-likeness (QED) is 0.518. The summed E-state index contributed by atoms with van der Waals surface area (Å²) < 4.78 is 1.53. The van der Waals surface area contributed by atoms with Gasteiger partial charge in [0.05, 0.1) is 5.69 Å². The Labute approximate surface area is 182 Å². The van der Waals surface area contributed by atoms with E-state index in [4.69, 9.17) is 11.6 Å². The number of carbonyl (C=O) groups excluding carboxylic acids is 2. The van der Waals surface area contributed by atoms with Crippen LogP contribution >= 0.6 is 23.4 Å². The van der Waals surface area contributed by atoms with Crippen molar-refractivity contribution in [2.45, 2.75) is 31.3 Å². The van der Waals surface area contributed by atoms with Crippen molar-refractivity contribution in [3.05, 3.63) is 38.5 Å². The van der Waals surface area contributed by atoms with E-state index in [0.717, 1.165) is 0 Å². The van der Waals surface area contributed by atoms with Gasteiger partial charge in [0.1, 0.15) is 10.8 Å². The minimum absolute atomic E-state index is 0.0530. The Hall–Kier alpha value is -2.66. The molecule has 0 bridgehead atoms. The van der Waals surface area contributed by atoms with Crippen LogP contribution in [0.4, 0.5) is 0 Å². The molecule has 1 N–H and O–H groups in total. The fourth-order valence-electron chi connectivity index (χ4n) is 3.13. The topological polar surface area (TPSA) is 117 Å². The second-order valence-corrected chi connectivity index (χ2v) is 7.84. The number of thioether (sulfide) groups is 1. The van der Waals surface area contributed by atoms with Crippen LogP contribution in [0.1, 0.15) is 29.8 Å². The Kier molecular flexibility index (Phi) is 6.93. The zero-order valence-electron chi connectivity index (χ0n) is 16.9. The van der Waals surface area contributed by atoms with Crippen LogP contribution in [-0.4, -0.2) is 66.1 Å². The second-order valence-electron chi connectivity index (χ2n) is 6.69. The smallest absolute Gasteiger partial charge is 0.273 e. The lowest BCUT2D eigenvalue weighted by molar-refractivity contribution is -0.154. The number of hydrazine groups is 1. The molecule has 0 unspecified atom stereocenters. The van der Waals surface area contributed by atoms with Crippen molar-refractivity contribution in [2.75, 3.05) is 19.3 Å². The second kappa shape index (κ2) is 9.43. The summed E-state index contributed by atoms with van der Waals surface area (Å²) in [7, 11) is 1.72. The number of nitrogens with one attached hydrogen (secondary N) is 1. The van der Waals surface area contributed by atoms with Gasteiger partial charge in [-0.3, -0.25) is 29.1 Å². The molecular formula is C18H22ClN7O3S. The van der Waals surface area contributed by atoms with Gasteiger partial charge in [0.2, 0.25) is 5.91 Å². The number of aromatic nitrogens is 5. The summed E-state index contributed by atoms with van der Waals surface area (Å²) in [4.78, 5) is 39.9. The maximum absolute atomic E-state index is 12.7. The molecule has 0 aliphatic carbocycles. The van der Waals surface area contributed by atoms with Crippen LogP contribution in [0.15, 0.2) is 16.0 Å². The van der Waals surface area contributed by atoms with Gasteiger partial charge in [-0.05, 0) is 25.7 Å². The molecule has 1 aliphatic heterocycles. The first-order valence-corrected chi connectivity index (χ1v) is 10.9. The lowest BCUT2D eigenvalue weighted by Crippen LogP contribution is -2.44. The van der Waals surface area contributed by atoms with Crippen molar-refractivity contribution in [3.63, 3.8) is 0 Å². The van der Waals surface area contributed by atoms with Gasteiger partial charge in [0.15, 0.2) is 5.16 Å². The lowest BCUT2D eigenvalue weighted by atomic mass is 10.2. The van der Waals surface area contributed by atoms with Crippen LogP contribution in [-0.2, 0) is 23.1 Å². The molecule has 10 nitrogen and oxygen atoms in total. The number of rotatable bonds is 6. The van der Waals surface area contributed by atoms with Crippen LogP contribution in [0.2, 0.25) is 5.15 Å². The van der Waals surface area contributed by atoms with Crippen molar-refractivity contribution in [1.82, 2.24) is 35.0 Å². The van der Waals surface area contributed by atoms with E-state index >= 15 is 0 Å². The molecule has 0 saturated carbocycles. The van der Waals surface area contributed by atoms with Gasteiger partial charge < -0.3 is 0 Å². The Morgan fingerprint density at radius 3 is 2.63 bits per heavy atom. The number of amides is 2. The molecule has 160 valence electrons. The summed E-state index contributed by atoms with van der Waals surface area (Å²) in [6.45, 7) is 2.69. The third-order valence-corrected chi connectivity index (χ3v) is 5.69. The summed E-state index contributed by atoms with van der Waals surface area (Å²) in [5.41, 5.74) is 1.21. The third kappa shape index (κ3) is 4.73. The molecule has 1 saturated heterocycles. The third-order valence-electron chi connectivity index (χ3n) is 4.68. The molecule has 0 radical (unpaired) electrons. The van der Waals surface area contributed by atoms with E-state index in [9.17, 15) is 14.4 Å². The van der Waals surface area contributed by atoms with Crippen molar-refractivity contribution < 1.29 is 9.59 Å².